The highest BCUT2D eigenvalue weighted by molar-refractivity contribution is 6.02. The molecule has 37 heavy (non-hydrogen) atoms. The number of anilines is 1. The zero-order valence-electron chi connectivity index (χ0n) is 22.3. The second kappa shape index (κ2) is 10.3. The Bertz CT molecular complexity index is 1310. The molecule has 1 amide bonds. The molecule has 0 bridgehead atoms. The first-order chi connectivity index (χ1) is 17.4. The van der Waals surface area contributed by atoms with E-state index in [9.17, 15) is 9.18 Å². The quantitative estimate of drug-likeness (QED) is 0.542. The Morgan fingerprint density at radius 1 is 1.19 bits per heavy atom. The van der Waals surface area contributed by atoms with Crippen LogP contribution in [0.5, 0.6) is 0 Å². The number of carbonyl (C=O) groups is 1. The van der Waals surface area contributed by atoms with Crippen LogP contribution in [0.25, 0.3) is 5.57 Å². The van der Waals surface area contributed by atoms with Gasteiger partial charge in [0.15, 0.2) is 0 Å². The molecule has 9 heteroatoms. The van der Waals surface area contributed by atoms with E-state index < -0.39 is 11.7 Å². The Morgan fingerprint density at radius 3 is 2.51 bits per heavy atom. The van der Waals surface area contributed by atoms with E-state index >= 15 is 0 Å². The molecule has 4 rings (SSSR count). The standard InChI is InChI=1S/C28H34FN5O3/c1-17(2)32-34-19(4)13-20(14-25(34)33-8-10-36-11-9-33)21-15-23(22(29)12-18(21)3)31-26(35)24-16-30-27(37-24)28(5,6)7/h12-16H,4,8-11H2,1-3,5-7H3,(H,31,35). The topological polar surface area (TPSA) is 83.2 Å². The van der Waals surface area contributed by atoms with Crippen molar-refractivity contribution in [2.45, 2.75) is 47.0 Å². The van der Waals surface area contributed by atoms with Crippen LogP contribution in [0.3, 0.4) is 0 Å². The van der Waals surface area contributed by atoms with Gasteiger partial charge in [-0.15, -0.1) is 0 Å². The van der Waals surface area contributed by atoms with Crippen LogP contribution in [0.2, 0.25) is 0 Å². The van der Waals surface area contributed by atoms with Crippen molar-refractivity contribution in [3.63, 3.8) is 0 Å². The molecule has 1 aromatic heterocycles. The van der Waals surface area contributed by atoms with Crippen molar-refractivity contribution in [1.29, 1.82) is 0 Å². The molecule has 196 valence electrons. The fraction of sp³-hybridized carbons (Fsp3) is 0.393. The van der Waals surface area contributed by atoms with Crippen LogP contribution in [-0.4, -0.2) is 52.8 Å². The van der Waals surface area contributed by atoms with Crippen molar-refractivity contribution in [3.8, 4) is 0 Å². The smallest absolute Gasteiger partial charge is 0.293 e. The van der Waals surface area contributed by atoms with Gasteiger partial charge in [0, 0.05) is 24.2 Å². The summed E-state index contributed by atoms with van der Waals surface area (Å²) in [5, 5.41) is 9.13. The van der Waals surface area contributed by atoms with Crippen molar-refractivity contribution in [2.24, 2.45) is 5.10 Å². The predicted octanol–water partition coefficient (Wildman–Crippen LogP) is 5.45. The molecule has 1 N–H and O–H groups in total. The fourth-order valence-electron chi connectivity index (χ4n) is 4.11. The molecule has 1 fully saturated rings. The Balaban J connectivity index is 1.68. The van der Waals surface area contributed by atoms with E-state index in [-0.39, 0.29) is 16.9 Å². The van der Waals surface area contributed by atoms with Crippen molar-refractivity contribution >= 4 is 22.9 Å². The van der Waals surface area contributed by atoms with Crippen LogP contribution >= 0.6 is 0 Å². The normalized spacial score (nSPS) is 16.4. The number of carbonyl (C=O) groups excluding carboxylic acids is 1. The zero-order chi connectivity index (χ0) is 26.9. The minimum absolute atomic E-state index is 0.0228. The van der Waals surface area contributed by atoms with Crippen LogP contribution in [0, 0.1) is 12.7 Å². The van der Waals surface area contributed by atoms with E-state index in [1.54, 1.807) is 6.07 Å². The lowest BCUT2D eigenvalue weighted by Crippen LogP contribution is -2.41. The van der Waals surface area contributed by atoms with Gasteiger partial charge in [-0.1, -0.05) is 27.4 Å². The summed E-state index contributed by atoms with van der Waals surface area (Å²) in [5.74, 6) is 0.226. The van der Waals surface area contributed by atoms with Gasteiger partial charge in [-0.05, 0) is 61.8 Å². The van der Waals surface area contributed by atoms with E-state index in [2.05, 4.69) is 26.9 Å². The molecule has 0 spiro atoms. The molecule has 0 aliphatic carbocycles. The molecule has 0 saturated carbocycles. The molecule has 8 nitrogen and oxygen atoms in total. The highest BCUT2D eigenvalue weighted by Crippen LogP contribution is 2.34. The van der Waals surface area contributed by atoms with Crippen molar-refractivity contribution in [3.05, 3.63) is 77.2 Å². The lowest BCUT2D eigenvalue weighted by Gasteiger charge is -2.38. The van der Waals surface area contributed by atoms with Crippen LogP contribution in [0.4, 0.5) is 10.1 Å². The maximum absolute atomic E-state index is 15.0. The molecule has 0 atom stereocenters. The highest BCUT2D eigenvalue weighted by atomic mass is 19.1. The summed E-state index contributed by atoms with van der Waals surface area (Å²) in [6, 6.07) is 3.05. The fourth-order valence-corrected chi connectivity index (χ4v) is 4.11. The van der Waals surface area contributed by atoms with Crippen LogP contribution < -0.4 is 5.32 Å². The lowest BCUT2D eigenvalue weighted by atomic mass is 9.96. The summed E-state index contributed by atoms with van der Waals surface area (Å²) < 4.78 is 26.1. The number of benzene rings is 1. The Hall–Kier alpha value is -3.72. The first-order valence-corrected chi connectivity index (χ1v) is 12.3. The van der Waals surface area contributed by atoms with Gasteiger partial charge in [0.2, 0.25) is 11.7 Å². The van der Waals surface area contributed by atoms with E-state index in [0.717, 1.165) is 41.3 Å². The summed E-state index contributed by atoms with van der Waals surface area (Å²) in [6.07, 6.45) is 5.29. The minimum atomic E-state index is -0.567. The number of allylic oxidation sites excluding steroid dienone is 3. The number of nitrogens with zero attached hydrogens (tertiary/aromatic N) is 4. The molecule has 3 heterocycles. The number of oxazole rings is 1. The van der Waals surface area contributed by atoms with Gasteiger partial charge in [-0.25, -0.2) is 14.4 Å². The molecule has 2 aliphatic heterocycles. The number of halogens is 1. The van der Waals surface area contributed by atoms with Gasteiger partial charge < -0.3 is 19.4 Å². The third-order valence-corrected chi connectivity index (χ3v) is 5.98. The van der Waals surface area contributed by atoms with Gasteiger partial charge >= 0.3 is 0 Å². The van der Waals surface area contributed by atoms with Gasteiger partial charge in [0.05, 0.1) is 30.8 Å². The number of hydrogen-bond acceptors (Lipinski definition) is 7. The number of aryl methyl sites for hydroxylation is 1. The summed E-state index contributed by atoms with van der Waals surface area (Å²) in [7, 11) is 0. The Labute approximate surface area is 217 Å². The Kier molecular flexibility index (Phi) is 7.36. The van der Waals surface area contributed by atoms with Gasteiger partial charge in [0.25, 0.3) is 5.91 Å². The van der Waals surface area contributed by atoms with E-state index in [4.69, 9.17) is 9.15 Å². The third-order valence-electron chi connectivity index (χ3n) is 5.98. The van der Waals surface area contributed by atoms with Crippen LogP contribution in [0.1, 0.15) is 62.2 Å². The van der Waals surface area contributed by atoms with Gasteiger partial charge in [0.1, 0.15) is 11.6 Å². The molecule has 1 aromatic carbocycles. The van der Waals surface area contributed by atoms with E-state index in [1.165, 1.54) is 12.3 Å². The first kappa shape index (κ1) is 26.3. The number of nitrogens with one attached hydrogen (secondary N) is 1. The number of morpholine rings is 1. The lowest BCUT2D eigenvalue weighted by molar-refractivity contribution is 0.0413. The number of aromatic nitrogens is 1. The average Bonchev–Trinajstić information content (AvgIpc) is 3.34. The van der Waals surface area contributed by atoms with Crippen molar-refractivity contribution in [1.82, 2.24) is 14.9 Å². The first-order valence-electron chi connectivity index (χ1n) is 12.3. The summed E-state index contributed by atoms with van der Waals surface area (Å²) in [4.78, 5) is 19.2. The number of ether oxygens (including phenoxy) is 1. The molecule has 1 saturated heterocycles. The molecule has 2 aliphatic rings. The predicted molar refractivity (Wildman–Crippen MR) is 143 cm³/mol. The zero-order valence-corrected chi connectivity index (χ0v) is 22.3. The van der Waals surface area contributed by atoms with Gasteiger partial charge in [-0.2, -0.15) is 5.10 Å². The van der Waals surface area contributed by atoms with E-state index in [1.807, 2.05) is 58.7 Å². The van der Waals surface area contributed by atoms with E-state index in [0.29, 0.717) is 24.8 Å². The van der Waals surface area contributed by atoms with Crippen molar-refractivity contribution < 1.29 is 18.3 Å². The summed E-state index contributed by atoms with van der Waals surface area (Å²) in [5.41, 5.74) is 3.62. The molecule has 0 unspecified atom stereocenters. The van der Waals surface area contributed by atoms with Gasteiger partial charge in [-0.3, -0.25) is 4.79 Å². The number of rotatable bonds is 5. The molecular weight excluding hydrogens is 473 g/mol. The monoisotopic (exact) mass is 507 g/mol. The molecule has 2 aromatic rings. The largest absolute Gasteiger partial charge is 0.435 e. The second-order valence-corrected chi connectivity index (χ2v) is 10.4. The number of amides is 1. The third kappa shape index (κ3) is 5.83. The maximum Gasteiger partial charge on any atom is 0.293 e. The highest BCUT2D eigenvalue weighted by Gasteiger charge is 2.26. The minimum Gasteiger partial charge on any atom is -0.435 e. The Morgan fingerprint density at radius 2 is 1.89 bits per heavy atom. The number of hydrazone groups is 1. The SMILES string of the molecule is C=C1C=C(c2cc(NC(=O)c3cnc(C(C)(C)C)o3)c(F)cc2C)C=C(N2CCOCC2)N1N=C(C)C. The molecular formula is C28H34FN5O3. The number of hydrogen-bond donors (Lipinski definition) is 1. The van der Waals surface area contributed by atoms with Crippen LogP contribution in [0.15, 0.2) is 58.1 Å². The summed E-state index contributed by atoms with van der Waals surface area (Å²) >= 11 is 0. The summed E-state index contributed by atoms with van der Waals surface area (Å²) in [6.45, 7) is 18.4. The maximum atomic E-state index is 15.0. The molecule has 0 radical (unpaired) electrons. The van der Waals surface area contributed by atoms with Crippen molar-refractivity contribution in [2.75, 3.05) is 31.6 Å². The second-order valence-electron chi connectivity index (χ2n) is 10.4. The van der Waals surface area contributed by atoms with Crippen LogP contribution in [-0.2, 0) is 10.2 Å². The average molecular weight is 508 g/mol.